The number of aromatic nitrogens is 2. The molecule has 6 nitrogen and oxygen atoms in total. The zero-order chi connectivity index (χ0) is 17.0. The molecular formula is C18H24N4O2. The summed E-state index contributed by atoms with van der Waals surface area (Å²) >= 11 is 0. The number of amides is 2. The summed E-state index contributed by atoms with van der Waals surface area (Å²) in [5, 5.41) is 20.3. The van der Waals surface area contributed by atoms with Crippen molar-refractivity contribution < 1.29 is 9.90 Å². The molecule has 2 amide bonds. The van der Waals surface area contributed by atoms with Gasteiger partial charge in [-0.1, -0.05) is 31.0 Å². The van der Waals surface area contributed by atoms with E-state index < -0.39 is 5.60 Å². The second-order valence-corrected chi connectivity index (χ2v) is 6.49. The molecule has 128 valence electrons. The molecule has 1 fully saturated rings. The molecule has 2 aromatic rings. The van der Waals surface area contributed by atoms with E-state index in [1.54, 1.807) is 10.9 Å². The van der Waals surface area contributed by atoms with Crippen LogP contribution >= 0.6 is 0 Å². The zero-order valence-electron chi connectivity index (χ0n) is 13.9. The van der Waals surface area contributed by atoms with E-state index in [9.17, 15) is 9.90 Å². The van der Waals surface area contributed by atoms with Gasteiger partial charge < -0.3 is 15.7 Å². The van der Waals surface area contributed by atoms with Gasteiger partial charge in [0.2, 0.25) is 0 Å². The minimum Gasteiger partial charge on any atom is -0.388 e. The van der Waals surface area contributed by atoms with Crippen LogP contribution in [0.1, 0.15) is 44.2 Å². The predicted molar refractivity (Wildman–Crippen MR) is 91.9 cm³/mol. The number of benzene rings is 1. The molecule has 1 atom stereocenters. The van der Waals surface area contributed by atoms with E-state index in [-0.39, 0.29) is 12.1 Å². The van der Waals surface area contributed by atoms with Crippen molar-refractivity contribution in [1.82, 2.24) is 20.4 Å². The summed E-state index contributed by atoms with van der Waals surface area (Å²) in [6.45, 7) is 2.23. The van der Waals surface area contributed by atoms with Crippen molar-refractivity contribution in [2.75, 3.05) is 6.54 Å². The Balaban J connectivity index is 1.63. The summed E-state index contributed by atoms with van der Waals surface area (Å²) < 4.78 is 1.78. The van der Waals surface area contributed by atoms with Gasteiger partial charge in [-0.2, -0.15) is 5.10 Å². The van der Waals surface area contributed by atoms with Gasteiger partial charge in [-0.3, -0.25) is 0 Å². The number of carbonyl (C=O) groups is 1. The van der Waals surface area contributed by atoms with Crippen molar-refractivity contribution in [2.24, 2.45) is 0 Å². The first-order valence-corrected chi connectivity index (χ1v) is 8.43. The summed E-state index contributed by atoms with van der Waals surface area (Å²) in [4.78, 5) is 12.2. The summed E-state index contributed by atoms with van der Waals surface area (Å²) in [5.41, 5.74) is 1.17. The third kappa shape index (κ3) is 3.76. The standard InChI is InChI=1S/C18H24N4O2/c1-14(21-17(23)19-13-18(24)9-4-5-10-18)15-7-2-3-8-16(15)22-12-6-11-20-22/h2-3,6-8,11-12,14,24H,4-5,9-10,13H2,1H3,(H2,19,21,23). The molecule has 0 bridgehead atoms. The fourth-order valence-electron chi connectivity index (χ4n) is 3.25. The second kappa shape index (κ2) is 7.05. The smallest absolute Gasteiger partial charge is 0.315 e. The van der Waals surface area contributed by atoms with E-state index >= 15 is 0 Å². The van der Waals surface area contributed by atoms with Gasteiger partial charge in [-0.05, 0) is 37.5 Å². The second-order valence-electron chi connectivity index (χ2n) is 6.49. The van der Waals surface area contributed by atoms with Crippen LogP contribution in [0.3, 0.4) is 0 Å². The quantitative estimate of drug-likeness (QED) is 0.789. The van der Waals surface area contributed by atoms with Crippen LogP contribution in [0.25, 0.3) is 5.69 Å². The van der Waals surface area contributed by atoms with E-state index in [0.29, 0.717) is 6.54 Å². The molecule has 1 aliphatic carbocycles. The Morgan fingerprint density at radius 1 is 1.33 bits per heavy atom. The molecule has 0 saturated heterocycles. The first kappa shape index (κ1) is 16.5. The topological polar surface area (TPSA) is 79.2 Å². The van der Waals surface area contributed by atoms with Gasteiger partial charge >= 0.3 is 6.03 Å². The maximum atomic E-state index is 12.2. The molecule has 1 heterocycles. The largest absolute Gasteiger partial charge is 0.388 e. The summed E-state index contributed by atoms with van der Waals surface area (Å²) in [7, 11) is 0. The van der Waals surface area contributed by atoms with Crippen molar-refractivity contribution in [3.63, 3.8) is 0 Å². The first-order chi connectivity index (χ1) is 11.6. The maximum Gasteiger partial charge on any atom is 0.315 e. The molecule has 1 aromatic carbocycles. The summed E-state index contributed by atoms with van der Waals surface area (Å²) in [6, 6.07) is 9.26. The Morgan fingerprint density at radius 2 is 2.08 bits per heavy atom. The van der Waals surface area contributed by atoms with E-state index in [1.807, 2.05) is 43.5 Å². The van der Waals surface area contributed by atoms with Crippen LogP contribution in [0.15, 0.2) is 42.7 Å². The molecule has 1 aromatic heterocycles. The molecule has 1 saturated carbocycles. The van der Waals surface area contributed by atoms with Crippen LogP contribution in [-0.4, -0.2) is 33.1 Å². The molecule has 3 N–H and O–H groups in total. The lowest BCUT2D eigenvalue weighted by molar-refractivity contribution is 0.0500. The summed E-state index contributed by atoms with van der Waals surface area (Å²) in [5.74, 6) is 0. The number of urea groups is 1. The van der Waals surface area contributed by atoms with Gasteiger partial charge in [-0.25, -0.2) is 9.48 Å². The highest BCUT2D eigenvalue weighted by Gasteiger charge is 2.31. The number of aliphatic hydroxyl groups is 1. The highest BCUT2D eigenvalue weighted by molar-refractivity contribution is 5.74. The van der Waals surface area contributed by atoms with E-state index in [2.05, 4.69) is 15.7 Å². The zero-order valence-corrected chi connectivity index (χ0v) is 13.9. The lowest BCUT2D eigenvalue weighted by Crippen LogP contribution is -2.45. The molecule has 0 spiro atoms. The van der Waals surface area contributed by atoms with Gasteiger partial charge in [0, 0.05) is 18.9 Å². The Labute approximate surface area is 141 Å². The monoisotopic (exact) mass is 328 g/mol. The van der Waals surface area contributed by atoms with Crippen LogP contribution in [0.5, 0.6) is 0 Å². The van der Waals surface area contributed by atoms with Gasteiger partial charge in [-0.15, -0.1) is 0 Å². The predicted octanol–water partition coefficient (Wildman–Crippen LogP) is 2.54. The number of nitrogens with one attached hydrogen (secondary N) is 2. The number of hydrogen-bond donors (Lipinski definition) is 3. The van der Waals surface area contributed by atoms with Gasteiger partial charge in [0.1, 0.15) is 0 Å². The van der Waals surface area contributed by atoms with Crippen molar-refractivity contribution in [3.8, 4) is 5.69 Å². The first-order valence-electron chi connectivity index (χ1n) is 8.43. The molecule has 1 aliphatic rings. The number of para-hydroxylation sites is 1. The number of hydrogen-bond acceptors (Lipinski definition) is 3. The SMILES string of the molecule is CC(NC(=O)NCC1(O)CCCC1)c1ccccc1-n1cccn1. The fourth-order valence-corrected chi connectivity index (χ4v) is 3.25. The Bertz CT molecular complexity index is 678. The number of nitrogens with zero attached hydrogens (tertiary/aromatic N) is 2. The van der Waals surface area contributed by atoms with Crippen LogP contribution in [-0.2, 0) is 0 Å². The van der Waals surface area contributed by atoms with E-state index in [0.717, 1.165) is 36.9 Å². The molecule has 6 heteroatoms. The fraction of sp³-hybridized carbons (Fsp3) is 0.444. The molecular weight excluding hydrogens is 304 g/mol. The van der Waals surface area contributed by atoms with Crippen molar-refractivity contribution in [1.29, 1.82) is 0 Å². The van der Waals surface area contributed by atoms with Gasteiger partial charge in [0.25, 0.3) is 0 Å². The maximum absolute atomic E-state index is 12.2. The molecule has 0 radical (unpaired) electrons. The molecule has 24 heavy (non-hydrogen) atoms. The number of rotatable bonds is 5. The van der Waals surface area contributed by atoms with Crippen molar-refractivity contribution in [2.45, 2.75) is 44.2 Å². The minimum atomic E-state index is -0.743. The third-order valence-corrected chi connectivity index (χ3v) is 4.61. The third-order valence-electron chi connectivity index (χ3n) is 4.61. The van der Waals surface area contributed by atoms with Crippen LogP contribution < -0.4 is 10.6 Å². The van der Waals surface area contributed by atoms with Crippen LogP contribution in [0.4, 0.5) is 4.79 Å². The Morgan fingerprint density at radius 3 is 2.79 bits per heavy atom. The number of carbonyl (C=O) groups excluding carboxylic acids is 1. The molecule has 1 unspecified atom stereocenters. The van der Waals surface area contributed by atoms with E-state index in [4.69, 9.17) is 0 Å². The lowest BCUT2D eigenvalue weighted by Gasteiger charge is -2.24. The van der Waals surface area contributed by atoms with Gasteiger partial charge in [0.15, 0.2) is 0 Å². The average Bonchev–Trinajstić information content (AvgIpc) is 3.25. The highest BCUT2D eigenvalue weighted by Crippen LogP contribution is 2.28. The Hall–Kier alpha value is -2.34. The highest BCUT2D eigenvalue weighted by atomic mass is 16.3. The minimum absolute atomic E-state index is 0.177. The normalized spacial score (nSPS) is 17.4. The van der Waals surface area contributed by atoms with Crippen LogP contribution in [0, 0.1) is 0 Å². The van der Waals surface area contributed by atoms with Gasteiger partial charge in [0.05, 0.1) is 17.3 Å². The van der Waals surface area contributed by atoms with Crippen molar-refractivity contribution in [3.05, 3.63) is 48.3 Å². The lowest BCUT2D eigenvalue weighted by atomic mass is 10.0. The molecule has 0 aliphatic heterocycles. The van der Waals surface area contributed by atoms with Crippen molar-refractivity contribution >= 4 is 6.03 Å². The van der Waals surface area contributed by atoms with Crippen LogP contribution in [0.2, 0.25) is 0 Å². The average molecular weight is 328 g/mol. The molecule has 3 rings (SSSR count). The van der Waals surface area contributed by atoms with E-state index in [1.165, 1.54) is 0 Å². The Kier molecular flexibility index (Phi) is 4.85. The summed E-state index contributed by atoms with van der Waals surface area (Å²) in [6.07, 6.45) is 7.15.